The number of carboxylic acid groups (broad SMARTS) is 2. The third-order valence-corrected chi connectivity index (χ3v) is 8.23. The molecule has 2 saturated heterocycles. The molecule has 1 aromatic heterocycles. The molecule has 9 nitrogen and oxygen atoms in total. The van der Waals surface area contributed by atoms with Crippen LogP contribution in [0, 0.1) is 11.8 Å². The molecule has 5 N–H and O–H groups in total. The Hall–Kier alpha value is -2.96. The molecule has 0 amide bonds. The van der Waals surface area contributed by atoms with Crippen LogP contribution in [-0.2, 0) is 16.1 Å². The van der Waals surface area contributed by atoms with Gasteiger partial charge in [0.05, 0.1) is 17.8 Å². The molecule has 3 aliphatic rings. The van der Waals surface area contributed by atoms with Crippen LogP contribution in [0.2, 0.25) is 0 Å². The number of halogens is 3. The molecule has 12 heteroatoms. The van der Waals surface area contributed by atoms with E-state index in [0.717, 1.165) is 51.5 Å². The maximum atomic E-state index is 11.1. The minimum absolute atomic E-state index is 0. The number of likely N-dealkylation sites (tertiary alicyclic amines) is 1. The predicted molar refractivity (Wildman–Crippen MR) is 150 cm³/mol. The van der Waals surface area contributed by atoms with Crippen LogP contribution < -0.4 is 5.32 Å². The molecule has 41 heavy (non-hydrogen) atoms. The molecule has 0 radical (unpaired) electrons. The maximum Gasteiger partial charge on any atom is 0.490 e. The van der Waals surface area contributed by atoms with E-state index in [-0.39, 0.29) is 12.0 Å². The van der Waals surface area contributed by atoms with Crippen LogP contribution >= 0.6 is 0 Å². The third kappa shape index (κ3) is 9.27. The van der Waals surface area contributed by atoms with Crippen LogP contribution in [0.5, 0.6) is 0 Å². The van der Waals surface area contributed by atoms with Gasteiger partial charge >= 0.3 is 18.1 Å². The monoisotopic (exact) mass is 582 g/mol. The van der Waals surface area contributed by atoms with Gasteiger partial charge in [0.15, 0.2) is 0 Å². The summed E-state index contributed by atoms with van der Waals surface area (Å²) in [4.78, 5) is 22.0. The fourth-order valence-corrected chi connectivity index (χ4v) is 6.04. The fraction of sp³-hybridized carbons (Fsp3) is 0.621. The Morgan fingerprint density at radius 1 is 1.02 bits per heavy atom. The molecule has 2 aliphatic heterocycles. The molecular weight excluding hydrogens is 541 g/mol. The fourth-order valence-electron chi connectivity index (χ4n) is 6.04. The number of nitrogens with one attached hydrogen (secondary N) is 1. The van der Waals surface area contributed by atoms with Gasteiger partial charge in [-0.2, -0.15) is 18.3 Å². The number of hydrogen-bond donors (Lipinski definition) is 3. The zero-order chi connectivity index (χ0) is 28.7. The van der Waals surface area contributed by atoms with Gasteiger partial charge in [-0.1, -0.05) is 37.1 Å². The Morgan fingerprint density at radius 2 is 1.66 bits per heavy atom. The first kappa shape index (κ1) is 32.6. The average Bonchev–Trinajstić information content (AvgIpc) is 3.56. The topological polar surface area (TPSA) is 139 Å². The summed E-state index contributed by atoms with van der Waals surface area (Å²) >= 11 is 0. The van der Waals surface area contributed by atoms with Crippen LogP contribution in [0.3, 0.4) is 0 Å². The highest BCUT2D eigenvalue weighted by Gasteiger charge is 2.38. The molecule has 3 fully saturated rings. The van der Waals surface area contributed by atoms with E-state index in [2.05, 4.69) is 45.2 Å². The van der Waals surface area contributed by atoms with Crippen LogP contribution in [0.25, 0.3) is 17.0 Å². The number of piperidine rings is 2. The molecule has 228 valence electrons. The van der Waals surface area contributed by atoms with E-state index < -0.39 is 18.1 Å². The second-order valence-electron chi connectivity index (χ2n) is 11.2. The number of allylic oxidation sites excluding steroid dienone is 1. The number of nitrogens with zero attached hydrogens (tertiary/aromatic N) is 3. The van der Waals surface area contributed by atoms with E-state index in [1.165, 1.54) is 60.7 Å². The average molecular weight is 583 g/mol. The summed E-state index contributed by atoms with van der Waals surface area (Å²) in [5.74, 6) is -1.65. The molecule has 3 heterocycles. The summed E-state index contributed by atoms with van der Waals surface area (Å²) in [5, 5.41) is 26.2. The van der Waals surface area contributed by atoms with Crippen molar-refractivity contribution in [1.82, 2.24) is 20.0 Å². The lowest BCUT2D eigenvalue weighted by molar-refractivity contribution is -0.192. The Morgan fingerprint density at radius 3 is 2.24 bits per heavy atom. The minimum Gasteiger partial charge on any atom is -0.480 e. The molecule has 1 saturated carbocycles. The van der Waals surface area contributed by atoms with Gasteiger partial charge in [0.1, 0.15) is 0 Å². The van der Waals surface area contributed by atoms with Crippen LogP contribution in [-0.4, -0.2) is 81.2 Å². The number of aromatic nitrogens is 2. The van der Waals surface area contributed by atoms with Gasteiger partial charge < -0.3 is 21.0 Å². The second kappa shape index (κ2) is 14.8. The van der Waals surface area contributed by atoms with Crippen molar-refractivity contribution in [3.05, 3.63) is 35.5 Å². The molecule has 2 aromatic rings. The quantitative estimate of drug-likeness (QED) is 0.442. The molecule has 0 atom stereocenters. The Bertz CT molecular complexity index is 1180. The normalized spacial score (nSPS) is 19.7. The molecular formula is C29H41F3N4O5. The van der Waals surface area contributed by atoms with Gasteiger partial charge in [-0.05, 0) is 88.2 Å². The largest absolute Gasteiger partial charge is 0.490 e. The summed E-state index contributed by atoms with van der Waals surface area (Å²) in [7, 11) is 0. The van der Waals surface area contributed by atoms with Gasteiger partial charge in [-0.15, -0.1) is 0 Å². The number of fused-ring (bicyclic) bond motifs is 1. The minimum atomic E-state index is -5.08. The first-order valence-electron chi connectivity index (χ1n) is 14.2. The van der Waals surface area contributed by atoms with E-state index in [1.54, 1.807) is 0 Å². The van der Waals surface area contributed by atoms with Crippen LogP contribution in [0.15, 0.2) is 24.3 Å². The Labute approximate surface area is 237 Å². The van der Waals surface area contributed by atoms with Crippen molar-refractivity contribution >= 4 is 28.9 Å². The molecule has 0 bridgehead atoms. The van der Waals surface area contributed by atoms with Crippen LogP contribution in [0.4, 0.5) is 13.2 Å². The zero-order valence-electron chi connectivity index (χ0n) is 23.2. The number of carboxylic acids is 2. The number of aliphatic carboxylic acids is 2. The number of benzene rings is 1. The van der Waals surface area contributed by atoms with Gasteiger partial charge in [0.2, 0.25) is 0 Å². The van der Waals surface area contributed by atoms with Crippen molar-refractivity contribution in [3.63, 3.8) is 0 Å². The summed E-state index contributed by atoms with van der Waals surface area (Å²) < 4.78 is 34.0. The van der Waals surface area contributed by atoms with Crippen molar-refractivity contribution in [1.29, 1.82) is 0 Å². The summed E-state index contributed by atoms with van der Waals surface area (Å²) in [6, 6.07) is 6.89. The molecule has 0 unspecified atom stereocenters. The van der Waals surface area contributed by atoms with Gasteiger partial charge in [-0.3, -0.25) is 14.4 Å². The second-order valence-corrected chi connectivity index (χ2v) is 11.2. The highest BCUT2D eigenvalue weighted by molar-refractivity contribution is 5.85. The first-order valence-corrected chi connectivity index (χ1v) is 14.2. The van der Waals surface area contributed by atoms with Gasteiger partial charge in [0, 0.05) is 17.8 Å². The van der Waals surface area contributed by atoms with Crippen molar-refractivity contribution in [2.24, 2.45) is 11.8 Å². The van der Waals surface area contributed by atoms with E-state index >= 15 is 0 Å². The van der Waals surface area contributed by atoms with E-state index in [9.17, 15) is 18.0 Å². The van der Waals surface area contributed by atoms with Crippen molar-refractivity contribution in [3.8, 4) is 0 Å². The van der Waals surface area contributed by atoms with Gasteiger partial charge in [-0.25, -0.2) is 4.79 Å². The maximum absolute atomic E-state index is 11.1. The van der Waals surface area contributed by atoms with Crippen molar-refractivity contribution < 1.29 is 38.4 Å². The standard InChI is InChI=1S/C27H38N4O2.C2HF3O2.H2O/c32-26(33)19-30-15-11-23(12-16-30)27-24-8-7-21(6-5-20-9-13-28-14-10-20)17-25(24)31(29-27)18-22-3-1-2-4-22;3-2(4,5)1(6)7;/h5-8,17,20,22-23,28H,1-4,9-16,18-19H2,(H,32,33);(H,6,7);1H2/b6-5+;;. The summed E-state index contributed by atoms with van der Waals surface area (Å²) in [5.41, 5.74) is 3.78. The Kier molecular flexibility index (Phi) is 11.7. The number of rotatable bonds is 7. The smallest absolute Gasteiger partial charge is 0.480 e. The summed E-state index contributed by atoms with van der Waals surface area (Å²) in [6.45, 7) is 5.09. The van der Waals surface area contributed by atoms with E-state index in [0.29, 0.717) is 11.8 Å². The van der Waals surface area contributed by atoms with Crippen molar-refractivity contribution in [2.75, 3.05) is 32.7 Å². The number of carbonyl (C=O) groups is 2. The van der Waals surface area contributed by atoms with E-state index in [1.807, 2.05) is 0 Å². The number of alkyl halides is 3. The van der Waals surface area contributed by atoms with E-state index in [4.69, 9.17) is 20.1 Å². The summed E-state index contributed by atoms with van der Waals surface area (Å²) in [6.07, 6.45) is 9.39. The lowest BCUT2D eigenvalue weighted by Gasteiger charge is -2.30. The zero-order valence-corrected chi connectivity index (χ0v) is 23.2. The van der Waals surface area contributed by atoms with Crippen LogP contribution in [0.1, 0.15) is 68.5 Å². The molecule has 1 aromatic carbocycles. The van der Waals surface area contributed by atoms with Crippen molar-refractivity contribution in [2.45, 2.75) is 70.0 Å². The third-order valence-electron chi connectivity index (χ3n) is 8.23. The first-order chi connectivity index (χ1) is 19.1. The highest BCUT2D eigenvalue weighted by Crippen LogP contribution is 2.35. The highest BCUT2D eigenvalue weighted by atomic mass is 19.4. The van der Waals surface area contributed by atoms with Gasteiger partial charge in [0.25, 0.3) is 0 Å². The molecule has 0 spiro atoms. The molecule has 5 rings (SSSR count). The molecule has 1 aliphatic carbocycles. The number of hydrogen-bond acceptors (Lipinski definition) is 5. The Balaban J connectivity index is 0.000000516. The SMILES string of the molecule is O.O=C(O)C(F)(F)F.O=C(O)CN1CCC(c2nn(CC3CCCC3)c3cc(/C=C/C4CCNCC4)ccc23)CC1. The lowest BCUT2D eigenvalue weighted by Crippen LogP contribution is -2.36. The predicted octanol–water partition coefficient (Wildman–Crippen LogP) is 4.31. The lowest BCUT2D eigenvalue weighted by atomic mass is 9.91.